The summed E-state index contributed by atoms with van der Waals surface area (Å²) in [5, 5.41) is 10.8. The maximum absolute atomic E-state index is 14.2. The van der Waals surface area contributed by atoms with Crippen molar-refractivity contribution in [2.75, 3.05) is 11.4 Å². The minimum Gasteiger partial charge on any atom is -0.339 e. The minimum atomic E-state index is -4.60. The molecule has 1 aromatic heterocycles. The maximum atomic E-state index is 14.2. The van der Waals surface area contributed by atoms with E-state index in [0.717, 1.165) is 40.1 Å². The average molecular weight is 546 g/mol. The molecule has 3 heterocycles. The summed E-state index contributed by atoms with van der Waals surface area (Å²) >= 11 is 0. The van der Waals surface area contributed by atoms with Crippen LogP contribution in [0.25, 0.3) is 5.69 Å². The van der Waals surface area contributed by atoms with Gasteiger partial charge >= 0.3 is 6.18 Å². The standard InChI is InChI=1S/C30H26F3N5O2/c1-2-37-28-24(17-35-38(28)21-11-4-3-5-12-21)25(22-13-7-9-19-15-34-16-23(19)22)26(29(37)40)36-27(39)18-8-6-10-20(14-18)30(31,32)33/h3-14,17,25-26,34H,2,15-16H2,1H3,(H,36,39)/t25-,26+/m1/s1. The van der Waals surface area contributed by atoms with Crippen molar-refractivity contribution in [1.29, 1.82) is 0 Å². The Kier molecular flexibility index (Phi) is 6.42. The van der Waals surface area contributed by atoms with Crippen molar-refractivity contribution >= 4 is 17.6 Å². The van der Waals surface area contributed by atoms with E-state index in [2.05, 4.69) is 15.7 Å². The lowest BCUT2D eigenvalue weighted by atomic mass is 9.79. The van der Waals surface area contributed by atoms with E-state index in [1.807, 2.05) is 55.5 Å². The highest BCUT2D eigenvalue weighted by molar-refractivity contribution is 6.05. The molecule has 0 saturated heterocycles. The second kappa shape index (κ2) is 9.95. The first-order valence-electron chi connectivity index (χ1n) is 13.0. The predicted molar refractivity (Wildman–Crippen MR) is 143 cm³/mol. The van der Waals surface area contributed by atoms with Gasteiger partial charge < -0.3 is 10.6 Å². The monoisotopic (exact) mass is 545 g/mol. The number of likely N-dealkylation sites (N-methyl/N-ethyl adjacent to an activating group) is 1. The summed E-state index contributed by atoms with van der Waals surface area (Å²) in [5.74, 6) is -1.11. The summed E-state index contributed by atoms with van der Waals surface area (Å²) in [6, 6.07) is 18.5. The zero-order chi connectivity index (χ0) is 28.0. The van der Waals surface area contributed by atoms with Crippen LogP contribution in [0.2, 0.25) is 0 Å². The molecule has 40 heavy (non-hydrogen) atoms. The molecule has 6 rings (SSSR count). The molecular formula is C30H26F3N5O2. The van der Waals surface area contributed by atoms with Crippen LogP contribution in [-0.4, -0.2) is 34.2 Å². The van der Waals surface area contributed by atoms with Gasteiger partial charge in [-0.15, -0.1) is 0 Å². The molecule has 10 heteroatoms. The average Bonchev–Trinajstić information content (AvgIpc) is 3.61. The third-order valence-electron chi connectivity index (χ3n) is 7.54. The van der Waals surface area contributed by atoms with Crippen molar-refractivity contribution in [3.05, 3.63) is 112 Å². The van der Waals surface area contributed by atoms with E-state index in [9.17, 15) is 22.8 Å². The van der Waals surface area contributed by atoms with Crippen LogP contribution in [0.1, 0.15) is 51.0 Å². The Morgan fingerprint density at radius 2 is 1.80 bits per heavy atom. The number of halogens is 3. The molecule has 0 radical (unpaired) electrons. The van der Waals surface area contributed by atoms with Gasteiger partial charge in [0, 0.05) is 36.7 Å². The van der Waals surface area contributed by atoms with Gasteiger partial charge in [-0.2, -0.15) is 18.3 Å². The van der Waals surface area contributed by atoms with Crippen molar-refractivity contribution in [3.8, 4) is 5.69 Å². The van der Waals surface area contributed by atoms with Crippen LogP contribution in [0.5, 0.6) is 0 Å². The van der Waals surface area contributed by atoms with Crippen LogP contribution in [0, 0.1) is 0 Å². The lowest BCUT2D eigenvalue weighted by Gasteiger charge is -2.38. The van der Waals surface area contributed by atoms with Crippen LogP contribution in [0.4, 0.5) is 19.0 Å². The van der Waals surface area contributed by atoms with Gasteiger partial charge in [0.2, 0.25) is 0 Å². The fourth-order valence-corrected chi connectivity index (χ4v) is 5.71. The SMILES string of the molecule is CCN1C(=O)[C@@H](NC(=O)c2cccc(C(F)(F)F)c2)[C@H](c2cccc3c2CNC3)c2cnn(-c3ccccc3)c21. The molecule has 0 aliphatic carbocycles. The fourth-order valence-electron chi connectivity index (χ4n) is 5.71. The number of para-hydroxylation sites is 1. The summed E-state index contributed by atoms with van der Waals surface area (Å²) in [6.45, 7) is 3.42. The first-order valence-corrected chi connectivity index (χ1v) is 13.0. The zero-order valence-electron chi connectivity index (χ0n) is 21.6. The summed E-state index contributed by atoms with van der Waals surface area (Å²) in [6.07, 6.45) is -2.88. The smallest absolute Gasteiger partial charge is 0.339 e. The molecule has 0 bridgehead atoms. The maximum Gasteiger partial charge on any atom is 0.416 e. The van der Waals surface area contributed by atoms with Gasteiger partial charge in [-0.1, -0.05) is 42.5 Å². The lowest BCUT2D eigenvalue weighted by molar-refractivity contribution is -0.137. The first kappa shape index (κ1) is 25.8. The molecule has 2 aliphatic heterocycles. The third-order valence-corrected chi connectivity index (χ3v) is 7.54. The number of aromatic nitrogens is 2. The van der Waals surface area contributed by atoms with E-state index < -0.39 is 29.6 Å². The van der Waals surface area contributed by atoms with E-state index in [1.54, 1.807) is 15.8 Å². The number of fused-ring (bicyclic) bond motifs is 2. The number of benzene rings is 3. The summed E-state index contributed by atoms with van der Waals surface area (Å²) in [7, 11) is 0. The molecule has 3 aromatic carbocycles. The quantitative estimate of drug-likeness (QED) is 0.378. The molecule has 7 nitrogen and oxygen atoms in total. The fraction of sp³-hybridized carbons (Fsp3) is 0.233. The number of amides is 2. The molecule has 0 saturated carbocycles. The number of anilines is 1. The zero-order valence-corrected chi connectivity index (χ0v) is 21.6. The van der Waals surface area contributed by atoms with E-state index in [-0.39, 0.29) is 11.5 Å². The Balaban J connectivity index is 1.49. The van der Waals surface area contributed by atoms with Crippen LogP contribution >= 0.6 is 0 Å². The molecule has 2 atom stereocenters. The van der Waals surface area contributed by atoms with Crippen molar-refractivity contribution in [2.45, 2.75) is 38.1 Å². The molecule has 0 unspecified atom stereocenters. The Morgan fingerprint density at radius 3 is 2.55 bits per heavy atom. The van der Waals surface area contributed by atoms with Crippen molar-refractivity contribution < 1.29 is 22.8 Å². The van der Waals surface area contributed by atoms with Crippen molar-refractivity contribution in [1.82, 2.24) is 20.4 Å². The number of alkyl halides is 3. The van der Waals surface area contributed by atoms with Gasteiger partial charge in [-0.25, -0.2) is 4.68 Å². The summed E-state index contributed by atoms with van der Waals surface area (Å²) in [4.78, 5) is 29.1. The van der Waals surface area contributed by atoms with Gasteiger partial charge in [-0.3, -0.25) is 14.5 Å². The lowest BCUT2D eigenvalue weighted by Crippen LogP contribution is -2.55. The van der Waals surface area contributed by atoms with Crippen LogP contribution in [-0.2, 0) is 24.1 Å². The highest BCUT2D eigenvalue weighted by Gasteiger charge is 2.45. The Labute approximate surface area is 228 Å². The number of hydrogen-bond acceptors (Lipinski definition) is 4. The molecule has 204 valence electrons. The van der Waals surface area contributed by atoms with Gasteiger partial charge in [0.1, 0.15) is 11.9 Å². The van der Waals surface area contributed by atoms with Gasteiger partial charge in [0.05, 0.1) is 17.4 Å². The van der Waals surface area contributed by atoms with E-state index >= 15 is 0 Å². The first-order chi connectivity index (χ1) is 19.3. The second-order valence-corrected chi connectivity index (χ2v) is 9.85. The molecule has 0 spiro atoms. The molecule has 2 amide bonds. The highest BCUT2D eigenvalue weighted by atomic mass is 19.4. The largest absolute Gasteiger partial charge is 0.416 e. The Bertz CT molecular complexity index is 1600. The van der Waals surface area contributed by atoms with Crippen molar-refractivity contribution in [2.24, 2.45) is 0 Å². The Morgan fingerprint density at radius 1 is 1.02 bits per heavy atom. The number of nitrogens with zero attached hydrogens (tertiary/aromatic N) is 3. The number of carbonyl (C=O) groups is 2. The number of nitrogens with one attached hydrogen (secondary N) is 2. The third kappa shape index (κ3) is 4.34. The van der Waals surface area contributed by atoms with Crippen molar-refractivity contribution in [3.63, 3.8) is 0 Å². The van der Waals surface area contributed by atoms with Crippen LogP contribution in [0.3, 0.4) is 0 Å². The molecule has 2 N–H and O–H groups in total. The summed E-state index contributed by atoms with van der Waals surface area (Å²) < 4.78 is 41.8. The Hall–Kier alpha value is -4.44. The van der Waals surface area contributed by atoms with Crippen LogP contribution in [0.15, 0.2) is 79.0 Å². The summed E-state index contributed by atoms with van der Waals surface area (Å²) in [5.41, 5.74) is 3.44. The molecule has 4 aromatic rings. The minimum absolute atomic E-state index is 0.171. The van der Waals surface area contributed by atoms with Crippen LogP contribution < -0.4 is 15.5 Å². The van der Waals surface area contributed by atoms with E-state index in [4.69, 9.17) is 0 Å². The van der Waals surface area contributed by atoms with E-state index in [0.29, 0.717) is 25.5 Å². The predicted octanol–water partition coefficient (Wildman–Crippen LogP) is 4.79. The van der Waals surface area contributed by atoms with Gasteiger partial charge in [0.25, 0.3) is 11.8 Å². The number of rotatable bonds is 5. The number of carbonyl (C=O) groups excluding carboxylic acids is 2. The second-order valence-electron chi connectivity index (χ2n) is 9.85. The normalized spacial score (nSPS) is 18.4. The topological polar surface area (TPSA) is 79.3 Å². The highest BCUT2D eigenvalue weighted by Crippen LogP contribution is 2.43. The molecule has 0 fully saturated rings. The van der Waals surface area contributed by atoms with Gasteiger partial charge in [-0.05, 0) is 53.9 Å². The van der Waals surface area contributed by atoms with Gasteiger partial charge in [0.15, 0.2) is 0 Å². The van der Waals surface area contributed by atoms with E-state index in [1.165, 1.54) is 12.1 Å². The molecule has 2 aliphatic rings. The molecular weight excluding hydrogens is 519 g/mol. The number of hydrogen-bond donors (Lipinski definition) is 2.